The molecule has 7 N–H and O–H groups in total. The smallest absolute Gasteiger partial charge is 0.310 e. The van der Waals surface area contributed by atoms with Gasteiger partial charge < -0.3 is 54.7 Å². The fourth-order valence-electron chi connectivity index (χ4n) is 13.3. The van der Waals surface area contributed by atoms with E-state index >= 15 is 0 Å². The number of aliphatic hydroxyl groups excluding tert-OH is 6. The Balaban J connectivity index is 1.08. The molecule has 5 aliphatic carbocycles. The van der Waals surface area contributed by atoms with E-state index in [0.29, 0.717) is 18.8 Å². The first-order valence-corrected chi connectivity index (χ1v) is 20.3. The van der Waals surface area contributed by atoms with Gasteiger partial charge in [0.2, 0.25) is 0 Å². The van der Waals surface area contributed by atoms with Gasteiger partial charge in [0.1, 0.15) is 24.4 Å². The van der Waals surface area contributed by atoms with Gasteiger partial charge in [-0.05, 0) is 104 Å². The number of carbonyl (C=O) groups is 1. The summed E-state index contributed by atoms with van der Waals surface area (Å²) in [5.74, 6) is -0.134. The standard InChI is InChI=1S/C41H66O12/c1-36(2)13-15-41(35(48)49)16-14-39(5)23(24(41)18-36)7-8-28-37(3)11-10-29(38(4,21-43)27(37)9-12-40(28,39)6)53-33-32(47)31(46)26(20-50-33)52-34-30(45)25(44)17-22(19-42)51-34/h7,22,24-34,42-47H,8-21H2,1-6H3,(H,48,49)/t22-,24+,25-,26-,27+,28+,29-,30+,31-,32+,33-,34-,37-,38-,39+,40+,41-/m0/s1. The molecule has 2 heterocycles. The first-order valence-electron chi connectivity index (χ1n) is 20.3. The molecule has 0 aromatic heterocycles. The predicted octanol–water partition coefficient (Wildman–Crippen LogP) is 3.52. The normalized spacial score (nSPS) is 53.7. The zero-order chi connectivity index (χ0) is 38.5. The van der Waals surface area contributed by atoms with Crippen LogP contribution in [-0.4, -0.2) is 117 Å². The van der Waals surface area contributed by atoms with Crippen molar-refractivity contribution in [3.8, 4) is 0 Å². The van der Waals surface area contributed by atoms with Crippen molar-refractivity contribution in [1.82, 2.24) is 0 Å². The number of ether oxygens (including phenoxy) is 4. The minimum atomic E-state index is -1.49. The average molecular weight is 751 g/mol. The van der Waals surface area contributed by atoms with E-state index in [9.17, 15) is 40.5 Å². The average Bonchev–Trinajstić information content (AvgIpc) is 3.10. The zero-order valence-electron chi connectivity index (χ0n) is 32.6. The Hall–Kier alpha value is -1.19. The van der Waals surface area contributed by atoms with E-state index in [1.54, 1.807) is 0 Å². The van der Waals surface area contributed by atoms with Crippen molar-refractivity contribution in [3.05, 3.63) is 11.6 Å². The maximum absolute atomic E-state index is 13.0. The van der Waals surface area contributed by atoms with Gasteiger partial charge in [-0.3, -0.25) is 4.79 Å². The Morgan fingerprint density at radius 1 is 0.849 bits per heavy atom. The van der Waals surface area contributed by atoms with Gasteiger partial charge in [-0.25, -0.2) is 0 Å². The van der Waals surface area contributed by atoms with Crippen molar-refractivity contribution < 1.29 is 59.5 Å². The molecule has 7 aliphatic rings. The maximum atomic E-state index is 13.0. The van der Waals surface area contributed by atoms with Crippen LogP contribution in [0.15, 0.2) is 11.6 Å². The molecule has 0 bridgehead atoms. The quantitative estimate of drug-likeness (QED) is 0.148. The Bertz CT molecular complexity index is 1420. The molecule has 0 radical (unpaired) electrons. The molecule has 4 saturated carbocycles. The van der Waals surface area contributed by atoms with Crippen LogP contribution in [0.1, 0.15) is 112 Å². The summed E-state index contributed by atoms with van der Waals surface area (Å²) in [6.07, 6.45) is 0.570. The van der Waals surface area contributed by atoms with Gasteiger partial charge >= 0.3 is 5.97 Å². The van der Waals surface area contributed by atoms with Crippen molar-refractivity contribution in [3.63, 3.8) is 0 Å². The van der Waals surface area contributed by atoms with Gasteiger partial charge in [0.05, 0.1) is 43.5 Å². The zero-order valence-corrected chi connectivity index (χ0v) is 32.6. The molecule has 0 amide bonds. The fourth-order valence-corrected chi connectivity index (χ4v) is 13.3. The second-order valence-corrected chi connectivity index (χ2v) is 20.0. The second kappa shape index (κ2) is 13.7. The first kappa shape index (κ1) is 40.0. The van der Waals surface area contributed by atoms with Crippen molar-refractivity contribution in [2.45, 2.75) is 167 Å². The second-order valence-electron chi connectivity index (χ2n) is 20.0. The Morgan fingerprint density at radius 2 is 1.57 bits per heavy atom. The molecule has 0 aromatic rings. The molecule has 2 saturated heterocycles. The van der Waals surface area contributed by atoms with Crippen LogP contribution in [0.5, 0.6) is 0 Å². The van der Waals surface area contributed by atoms with Gasteiger partial charge in [0, 0.05) is 11.8 Å². The van der Waals surface area contributed by atoms with Crippen LogP contribution in [-0.2, 0) is 23.7 Å². The maximum Gasteiger partial charge on any atom is 0.310 e. The summed E-state index contributed by atoms with van der Waals surface area (Å²) >= 11 is 0. The van der Waals surface area contributed by atoms with Crippen LogP contribution in [0, 0.1) is 50.2 Å². The highest BCUT2D eigenvalue weighted by Gasteiger charge is 2.70. The summed E-state index contributed by atoms with van der Waals surface area (Å²) in [4.78, 5) is 13.0. The lowest BCUT2D eigenvalue weighted by Crippen LogP contribution is -2.66. The lowest BCUT2D eigenvalue weighted by Gasteiger charge is -2.71. The molecule has 17 atom stereocenters. The summed E-state index contributed by atoms with van der Waals surface area (Å²) < 4.78 is 23.8. The summed E-state index contributed by atoms with van der Waals surface area (Å²) in [7, 11) is 0. The lowest BCUT2D eigenvalue weighted by atomic mass is 9.33. The lowest BCUT2D eigenvalue weighted by molar-refractivity contribution is -0.344. The number of carboxylic acid groups (broad SMARTS) is 1. The van der Waals surface area contributed by atoms with E-state index in [-0.39, 0.29) is 59.7 Å². The van der Waals surface area contributed by atoms with E-state index in [4.69, 9.17) is 18.9 Å². The summed E-state index contributed by atoms with van der Waals surface area (Å²) in [6, 6.07) is 0. The number of aliphatic hydroxyl groups is 6. The number of carboxylic acids is 1. The van der Waals surface area contributed by atoms with Crippen molar-refractivity contribution >= 4 is 5.97 Å². The Morgan fingerprint density at radius 3 is 2.25 bits per heavy atom. The molecular formula is C41H66O12. The van der Waals surface area contributed by atoms with E-state index in [1.165, 1.54) is 5.57 Å². The summed E-state index contributed by atoms with van der Waals surface area (Å²) in [5, 5.41) is 74.4. The molecule has 6 fully saturated rings. The molecule has 12 nitrogen and oxygen atoms in total. The molecule has 53 heavy (non-hydrogen) atoms. The number of rotatable bonds is 7. The van der Waals surface area contributed by atoms with Crippen LogP contribution in [0.3, 0.4) is 0 Å². The van der Waals surface area contributed by atoms with Crippen LogP contribution in [0.4, 0.5) is 0 Å². The number of hydrogen-bond acceptors (Lipinski definition) is 11. The van der Waals surface area contributed by atoms with Gasteiger partial charge in [0.25, 0.3) is 0 Å². The third kappa shape index (κ3) is 6.02. The van der Waals surface area contributed by atoms with Gasteiger partial charge in [-0.1, -0.05) is 53.2 Å². The minimum Gasteiger partial charge on any atom is -0.481 e. The van der Waals surface area contributed by atoms with Gasteiger partial charge in [-0.2, -0.15) is 0 Å². The Kier molecular flexibility index (Phi) is 10.4. The summed E-state index contributed by atoms with van der Waals surface area (Å²) in [5.41, 5.74) is -0.125. The largest absolute Gasteiger partial charge is 0.481 e. The highest BCUT2D eigenvalue weighted by atomic mass is 16.7. The fraction of sp³-hybridized carbons (Fsp3) is 0.927. The summed E-state index contributed by atoms with van der Waals surface area (Å²) in [6.45, 7) is 13.3. The number of hydrogen-bond donors (Lipinski definition) is 7. The van der Waals surface area contributed by atoms with Crippen molar-refractivity contribution in [2.24, 2.45) is 50.2 Å². The molecule has 12 heteroatoms. The molecule has 7 rings (SSSR count). The molecule has 0 unspecified atom stereocenters. The highest BCUT2D eigenvalue weighted by molar-refractivity contribution is 5.76. The predicted molar refractivity (Wildman–Crippen MR) is 192 cm³/mol. The van der Waals surface area contributed by atoms with Crippen LogP contribution < -0.4 is 0 Å². The van der Waals surface area contributed by atoms with Gasteiger partial charge in [0.15, 0.2) is 12.6 Å². The number of fused-ring (bicyclic) bond motifs is 7. The SMILES string of the molecule is CC1(C)CC[C@]2(C(=O)O)CC[C@]3(C)C(=CC[C@@H]4[C@@]5(C)CC[C@H](O[C@@H]6OC[C@H](O[C@@H]7O[C@H](CO)C[C@H](O)[C@H]7O)[C@H](O)[C@H]6O)[C@@](C)(CO)[C@@H]5CC[C@]43C)[C@H]2C1. The first-order chi connectivity index (χ1) is 24.8. The molecule has 2 aliphatic heterocycles. The monoisotopic (exact) mass is 750 g/mol. The third-order valence-electron chi connectivity index (χ3n) is 16.9. The van der Waals surface area contributed by atoms with Gasteiger partial charge in [-0.15, -0.1) is 0 Å². The molecule has 0 aromatic carbocycles. The topological polar surface area (TPSA) is 196 Å². The number of allylic oxidation sites excluding steroid dienone is 2. The van der Waals surface area contributed by atoms with E-state index < -0.39 is 72.1 Å². The van der Waals surface area contributed by atoms with E-state index in [0.717, 1.165) is 51.4 Å². The minimum absolute atomic E-state index is 0.0360. The van der Waals surface area contributed by atoms with Crippen LogP contribution in [0.25, 0.3) is 0 Å². The van der Waals surface area contributed by atoms with Crippen molar-refractivity contribution in [2.75, 3.05) is 19.8 Å². The number of aliphatic carboxylic acids is 1. The molecular weight excluding hydrogens is 684 g/mol. The highest BCUT2D eigenvalue weighted by Crippen LogP contribution is 2.76. The third-order valence-corrected chi connectivity index (χ3v) is 16.9. The van der Waals surface area contributed by atoms with E-state index in [1.807, 2.05) is 0 Å². The molecule has 302 valence electrons. The van der Waals surface area contributed by atoms with Crippen molar-refractivity contribution in [1.29, 1.82) is 0 Å². The van der Waals surface area contributed by atoms with Crippen LogP contribution in [0.2, 0.25) is 0 Å². The Labute approximate surface area is 314 Å². The van der Waals surface area contributed by atoms with Crippen LogP contribution >= 0.6 is 0 Å². The molecule has 0 spiro atoms. The van der Waals surface area contributed by atoms with E-state index in [2.05, 4.69) is 47.6 Å².